The number of anilines is 1. The van der Waals surface area contributed by atoms with Gasteiger partial charge in [0.15, 0.2) is 0 Å². The Kier molecular flexibility index (Phi) is 4.95. The van der Waals surface area contributed by atoms with Crippen LogP contribution in [0.4, 0.5) is 10.1 Å². The third-order valence-corrected chi connectivity index (χ3v) is 3.78. The van der Waals surface area contributed by atoms with Crippen molar-refractivity contribution in [3.63, 3.8) is 0 Å². The molecule has 1 fully saturated rings. The van der Waals surface area contributed by atoms with E-state index in [0.717, 1.165) is 31.9 Å². The van der Waals surface area contributed by atoms with E-state index in [4.69, 9.17) is 0 Å². The Bertz CT molecular complexity index is 441. The summed E-state index contributed by atoms with van der Waals surface area (Å²) in [6, 6.07) is 6.49. The number of nitrogens with one attached hydrogen (secondary N) is 1. The summed E-state index contributed by atoms with van der Waals surface area (Å²) in [5.41, 5.74) is 1.04. The molecule has 1 N–H and O–H groups in total. The molecule has 0 spiro atoms. The lowest BCUT2D eigenvalue weighted by atomic mass is 10.2. The minimum atomic E-state index is -0.211. The molecule has 1 atom stereocenters. The van der Waals surface area contributed by atoms with Gasteiger partial charge in [0.1, 0.15) is 5.82 Å². The van der Waals surface area contributed by atoms with E-state index in [1.165, 1.54) is 12.1 Å². The largest absolute Gasteiger partial charge is 0.369 e. The molecule has 110 valence electrons. The van der Waals surface area contributed by atoms with Crippen molar-refractivity contribution in [1.82, 2.24) is 10.2 Å². The summed E-state index contributed by atoms with van der Waals surface area (Å²) in [5.74, 6) is -0.125. The van der Waals surface area contributed by atoms with Gasteiger partial charge < -0.3 is 10.2 Å². The molecule has 0 aromatic heterocycles. The highest BCUT2D eigenvalue weighted by molar-refractivity contribution is 5.81. The van der Waals surface area contributed by atoms with E-state index in [0.29, 0.717) is 6.54 Å². The predicted molar refractivity (Wildman–Crippen MR) is 78.3 cm³/mol. The maximum Gasteiger partial charge on any atom is 0.237 e. The molecule has 1 aromatic carbocycles. The van der Waals surface area contributed by atoms with Crippen LogP contribution in [0.5, 0.6) is 0 Å². The van der Waals surface area contributed by atoms with Gasteiger partial charge in [-0.05, 0) is 38.1 Å². The second-order valence-corrected chi connectivity index (χ2v) is 5.07. The number of piperazine rings is 1. The van der Waals surface area contributed by atoms with E-state index < -0.39 is 0 Å². The van der Waals surface area contributed by atoms with Crippen LogP contribution in [0, 0.1) is 5.82 Å². The maximum atomic E-state index is 12.9. The number of hydrogen-bond donors (Lipinski definition) is 1. The van der Waals surface area contributed by atoms with Gasteiger partial charge in [-0.2, -0.15) is 0 Å². The van der Waals surface area contributed by atoms with Crippen LogP contribution in [0.15, 0.2) is 24.3 Å². The molecule has 0 saturated carbocycles. The molecule has 0 aliphatic carbocycles. The number of likely N-dealkylation sites (N-methyl/N-ethyl adjacent to an activating group) is 1. The highest BCUT2D eigenvalue weighted by Crippen LogP contribution is 2.17. The number of hydrogen-bond acceptors (Lipinski definition) is 3. The molecule has 1 saturated heterocycles. The fourth-order valence-electron chi connectivity index (χ4n) is 2.51. The number of nitrogens with zero attached hydrogens (tertiary/aromatic N) is 2. The van der Waals surface area contributed by atoms with Crippen molar-refractivity contribution in [3.05, 3.63) is 30.1 Å². The summed E-state index contributed by atoms with van der Waals surface area (Å²) in [5, 5.41) is 2.86. The zero-order valence-electron chi connectivity index (χ0n) is 12.1. The van der Waals surface area contributed by atoms with Gasteiger partial charge in [-0.3, -0.25) is 9.69 Å². The van der Waals surface area contributed by atoms with Gasteiger partial charge >= 0.3 is 0 Å². The highest BCUT2D eigenvalue weighted by Gasteiger charge is 2.25. The number of rotatable bonds is 4. The van der Waals surface area contributed by atoms with Gasteiger partial charge in [-0.15, -0.1) is 0 Å². The monoisotopic (exact) mass is 279 g/mol. The standard InChI is InChI=1S/C15H22FN3O/c1-3-17-15(20)12(2)18-8-10-19(11-9-18)14-6-4-13(16)5-7-14/h4-7,12H,3,8-11H2,1-2H3,(H,17,20)/t12-/m0/s1. The van der Waals surface area contributed by atoms with Crippen LogP contribution in [0.3, 0.4) is 0 Å². The summed E-state index contributed by atoms with van der Waals surface area (Å²) in [6.45, 7) is 7.93. The molecule has 2 rings (SSSR count). The summed E-state index contributed by atoms with van der Waals surface area (Å²) >= 11 is 0. The van der Waals surface area contributed by atoms with Gasteiger partial charge in [0.05, 0.1) is 6.04 Å². The maximum absolute atomic E-state index is 12.9. The van der Waals surface area contributed by atoms with E-state index >= 15 is 0 Å². The van der Waals surface area contributed by atoms with Crippen molar-refractivity contribution >= 4 is 11.6 Å². The number of carbonyl (C=O) groups is 1. The quantitative estimate of drug-likeness (QED) is 0.906. The lowest BCUT2D eigenvalue weighted by Crippen LogP contribution is -2.54. The van der Waals surface area contributed by atoms with Crippen LogP contribution in [0.2, 0.25) is 0 Å². The molecular formula is C15H22FN3O. The summed E-state index contributed by atoms with van der Waals surface area (Å²) in [7, 11) is 0. The van der Waals surface area contributed by atoms with Gasteiger partial charge in [-0.25, -0.2) is 4.39 Å². The summed E-state index contributed by atoms with van der Waals surface area (Å²) < 4.78 is 12.9. The van der Waals surface area contributed by atoms with E-state index in [1.54, 1.807) is 12.1 Å². The lowest BCUT2D eigenvalue weighted by molar-refractivity contribution is -0.125. The van der Waals surface area contributed by atoms with Crippen molar-refractivity contribution < 1.29 is 9.18 Å². The van der Waals surface area contributed by atoms with E-state index in [-0.39, 0.29) is 17.8 Å². The third kappa shape index (κ3) is 3.48. The Labute approximate surface area is 119 Å². The molecule has 1 aromatic rings. The van der Waals surface area contributed by atoms with Crippen LogP contribution >= 0.6 is 0 Å². The van der Waals surface area contributed by atoms with E-state index in [9.17, 15) is 9.18 Å². The van der Waals surface area contributed by atoms with Crippen LogP contribution in [0.25, 0.3) is 0 Å². The first-order chi connectivity index (χ1) is 9.61. The molecular weight excluding hydrogens is 257 g/mol. The minimum Gasteiger partial charge on any atom is -0.369 e. The Morgan fingerprint density at radius 2 is 1.85 bits per heavy atom. The van der Waals surface area contributed by atoms with Crippen molar-refractivity contribution in [2.24, 2.45) is 0 Å². The molecule has 0 unspecified atom stereocenters. The molecule has 0 bridgehead atoms. The zero-order valence-corrected chi connectivity index (χ0v) is 12.1. The van der Waals surface area contributed by atoms with Crippen molar-refractivity contribution in [3.8, 4) is 0 Å². The number of benzene rings is 1. The summed E-state index contributed by atoms with van der Waals surface area (Å²) in [4.78, 5) is 16.2. The van der Waals surface area contributed by atoms with E-state index in [2.05, 4.69) is 15.1 Å². The van der Waals surface area contributed by atoms with Crippen molar-refractivity contribution in [2.75, 3.05) is 37.6 Å². The fourth-order valence-corrected chi connectivity index (χ4v) is 2.51. The van der Waals surface area contributed by atoms with Gasteiger partial charge in [0, 0.05) is 38.4 Å². The predicted octanol–water partition coefficient (Wildman–Crippen LogP) is 1.47. The van der Waals surface area contributed by atoms with Gasteiger partial charge in [0.25, 0.3) is 0 Å². The van der Waals surface area contributed by atoms with E-state index in [1.807, 2.05) is 13.8 Å². The zero-order chi connectivity index (χ0) is 14.5. The first-order valence-electron chi connectivity index (χ1n) is 7.14. The smallest absolute Gasteiger partial charge is 0.237 e. The molecule has 4 nitrogen and oxygen atoms in total. The number of amides is 1. The third-order valence-electron chi connectivity index (χ3n) is 3.78. The Morgan fingerprint density at radius 3 is 2.40 bits per heavy atom. The Hall–Kier alpha value is -1.62. The van der Waals surface area contributed by atoms with Gasteiger partial charge in [0.2, 0.25) is 5.91 Å². The molecule has 20 heavy (non-hydrogen) atoms. The van der Waals surface area contributed by atoms with Crippen LogP contribution in [0.1, 0.15) is 13.8 Å². The van der Waals surface area contributed by atoms with Crippen LogP contribution in [-0.2, 0) is 4.79 Å². The average molecular weight is 279 g/mol. The first-order valence-corrected chi connectivity index (χ1v) is 7.14. The minimum absolute atomic E-state index is 0.0859. The topological polar surface area (TPSA) is 35.6 Å². The lowest BCUT2D eigenvalue weighted by Gasteiger charge is -2.38. The molecule has 1 heterocycles. The van der Waals surface area contributed by atoms with Gasteiger partial charge in [-0.1, -0.05) is 0 Å². The Balaban J connectivity index is 1.89. The highest BCUT2D eigenvalue weighted by atomic mass is 19.1. The second-order valence-electron chi connectivity index (χ2n) is 5.07. The van der Waals surface area contributed by atoms with Crippen molar-refractivity contribution in [2.45, 2.75) is 19.9 Å². The number of carbonyl (C=O) groups excluding carboxylic acids is 1. The average Bonchev–Trinajstić information content (AvgIpc) is 2.48. The fraction of sp³-hybridized carbons (Fsp3) is 0.533. The molecule has 1 aliphatic heterocycles. The SMILES string of the molecule is CCNC(=O)[C@H](C)N1CCN(c2ccc(F)cc2)CC1. The normalized spacial score (nSPS) is 17.9. The molecule has 5 heteroatoms. The Morgan fingerprint density at radius 1 is 1.25 bits per heavy atom. The number of halogens is 1. The van der Waals surface area contributed by atoms with Crippen LogP contribution < -0.4 is 10.2 Å². The first kappa shape index (κ1) is 14.8. The van der Waals surface area contributed by atoms with Crippen LogP contribution in [-0.4, -0.2) is 49.6 Å². The molecule has 1 aliphatic rings. The molecule has 0 radical (unpaired) electrons. The second kappa shape index (κ2) is 6.70. The molecule has 1 amide bonds. The van der Waals surface area contributed by atoms with Crippen molar-refractivity contribution in [1.29, 1.82) is 0 Å². The summed E-state index contributed by atoms with van der Waals surface area (Å²) in [6.07, 6.45) is 0.